The molecule has 0 N–H and O–H groups in total. The fraction of sp³-hybridized carbons (Fsp3) is 0.583. The van der Waals surface area contributed by atoms with E-state index in [0.29, 0.717) is 6.61 Å². The zero-order valence-corrected chi connectivity index (χ0v) is 19.8. The Bertz CT molecular complexity index is 717. The summed E-state index contributed by atoms with van der Waals surface area (Å²) in [5, 5.41) is 0.260. The van der Waals surface area contributed by atoms with Crippen LogP contribution in [0.4, 0.5) is 4.79 Å². The van der Waals surface area contributed by atoms with Crippen LogP contribution < -0.4 is 0 Å². The molecule has 2 rings (SSSR count). The number of rotatable bonds is 10. The normalized spacial score (nSPS) is 17.2. The van der Waals surface area contributed by atoms with Gasteiger partial charge in [-0.1, -0.05) is 70.5 Å². The summed E-state index contributed by atoms with van der Waals surface area (Å²) in [7, 11) is -1.64. The summed E-state index contributed by atoms with van der Waals surface area (Å²) in [4.78, 5) is 14.0. The minimum atomic E-state index is -1.64. The van der Waals surface area contributed by atoms with Gasteiger partial charge in [0.25, 0.3) is 0 Å². The molecule has 0 radical (unpaired) electrons. The van der Waals surface area contributed by atoms with E-state index in [-0.39, 0.29) is 17.2 Å². The monoisotopic (exact) mass is 415 g/mol. The van der Waals surface area contributed by atoms with E-state index in [1.54, 1.807) is 4.90 Å². The third kappa shape index (κ3) is 6.33. The molecule has 29 heavy (non-hydrogen) atoms. The largest absolute Gasteiger partial charge is 0.447 e. The molecule has 0 spiro atoms. The molecule has 1 heterocycles. The van der Waals surface area contributed by atoms with Gasteiger partial charge >= 0.3 is 6.09 Å². The van der Waals surface area contributed by atoms with Gasteiger partial charge in [0.15, 0.2) is 8.32 Å². The van der Waals surface area contributed by atoms with E-state index in [9.17, 15) is 4.79 Å². The second-order valence-electron chi connectivity index (χ2n) is 9.27. The molecule has 1 aliphatic heterocycles. The number of amides is 1. The van der Waals surface area contributed by atoms with Crippen molar-refractivity contribution < 1.29 is 14.0 Å². The molecule has 5 heteroatoms. The van der Waals surface area contributed by atoms with Crippen molar-refractivity contribution in [2.75, 3.05) is 13.2 Å². The van der Waals surface area contributed by atoms with Crippen LogP contribution in [0, 0.1) is 0 Å². The fourth-order valence-corrected chi connectivity index (χ4v) is 4.31. The van der Waals surface area contributed by atoms with Gasteiger partial charge in [0.05, 0.1) is 11.7 Å². The Labute approximate surface area is 177 Å². The lowest BCUT2D eigenvalue weighted by Gasteiger charge is -2.36. The summed E-state index contributed by atoms with van der Waals surface area (Å²) in [5.74, 6) is 0. The predicted molar refractivity (Wildman–Crippen MR) is 121 cm³/mol. The number of hydrogen-bond acceptors (Lipinski definition) is 3. The molecule has 1 amide bonds. The first-order valence-corrected chi connectivity index (χ1v) is 13.6. The van der Waals surface area contributed by atoms with E-state index >= 15 is 0 Å². The Hall–Kier alpha value is -1.81. The van der Waals surface area contributed by atoms with E-state index in [0.717, 1.165) is 50.0 Å². The van der Waals surface area contributed by atoms with Crippen LogP contribution in [-0.4, -0.2) is 32.5 Å². The molecule has 0 saturated carbocycles. The van der Waals surface area contributed by atoms with Gasteiger partial charge in [-0.15, -0.1) is 5.73 Å². The average molecular weight is 416 g/mol. The second kappa shape index (κ2) is 10.3. The van der Waals surface area contributed by atoms with Crippen molar-refractivity contribution in [3.8, 4) is 0 Å². The molecular formula is C24H37NO3Si. The maximum absolute atomic E-state index is 12.3. The van der Waals surface area contributed by atoms with E-state index in [1.807, 2.05) is 30.3 Å². The molecule has 1 aliphatic rings. The van der Waals surface area contributed by atoms with Crippen LogP contribution in [0.3, 0.4) is 0 Å². The van der Waals surface area contributed by atoms with Gasteiger partial charge in [-0.2, -0.15) is 0 Å². The van der Waals surface area contributed by atoms with Crippen LogP contribution in [0.25, 0.3) is 0 Å². The quantitative estimate of drug-likeness (QED) is 0.239. The molecule has 1 saturated heterocycles. The van der Waals surface area contributed by atoms with Crippen LogP contribution >= 0.6 is 0 Å². The van der Waals surface area contributed by atoms with Crippen molar-refractivity contribution >= 4 is 14.4 Å². The maximum Gasteiger partial charge on any atom is 0.415 e. The van der Waals surface area contributed by atoms with Gasteiger partial charge < -0.3 is 9.16 Å². The highest BCUT2D eigenvalue weighted by atomic mass is 28.4. The van der Waals surface area contributed by atoms with Crippen molar-refractivity contribution in [1.29, 1.82) is 0 Å². The highest BCUT2D eigenvalue weighted by molar-refractivity contribution is 6.74. The molecule has 4 nitrogen and oxygen atoms in total. The fourth-order valence-electron chi connectivity index (χ4n) is 3.23. The number of unbranched alkanes of at least 4 members (excludes halogenated alkanes) is 3. The van der Waals surface area contributed by atoms with Crippen LogP contribution in [0.5, 0.6) is 0 Å². The van der Waals surface area contributed by atoms with Gasteiger partial charge in [0.1, 0.15) is 6.61 Å². The van der Waals surface area contributed by atoms with E-state index < -0.39 is 8.32 Å². The van der Waals surface area contributed by atoms with E-state index in [4.69, 9.17) is 9.16 Å². The molecule has 1 fully saturated rings. The van der Waals surface area contributed by atoms with Crippen molar-refractivity contribution in [3.63, 3.8) is 0 Å². The van der Waals surface area contributed by atoms with Crippen molar-refractivity contribution in [1.82, 2.24) is 4.90 Å². The first kappa shape index (κ1) is 23.5. The van der Waals surface area contributed by atoms with Gasteiger partial charge in [-0.25, -0.2) is 4.79 Å². The van der Waals surface area contributed by atoms with Crippen LogP contribution in [0.2, 0.25) is 18.1 Å². The summed E-state index contributed by atoms with van der Waals surface area (Å²) in [6.07, 6.45) is 4.80. The van der Waals surface area contributed by atoms with Crippen molar-refractivity contribution in [2.24, 2.45) is 0 Å². The van der Waals surface area contributed by atoms with E-state index in [2.05, 4.69) is 46.2 Å². The number of allylic oxidation sites excluding steroid dienone is 1. The Morgan fingerprint density at radius 3 is 2.48 bits per heavy atom. The Balaban J connectivity index is 1.78. The number of nitrogens with zero attached hydrogens (tertiary/aromatic N) is 1. The van der Waals surface area contributed by atoms with E-state index in [1.165, 1.54) is 0 Å². The first-order valence-electron chi connectivity index (χ1n) is 10.7. The molecule has 0 bridgehead atoms. The first-order chi connectivity index (χ1) is 13.7. The zero-order valence-electron chi connectivity index (χ0n) is 18.8. The molecule has 0 unspecified atom stereocenters. The lowest BCUT2D eigenvalue weighted by atomic mass is 10.0. The highest BCUT2D eigenvalue weighted by Gasteiger charge is 2.37. The number of carbonyl (C=O) groups is 1. The smallest absolute Gasteiger partial charge is 0.415 e. The Morgan fingerprint density at radius 2 is 1.86 bits per heavy atom. The summed E-state index contributed by atoms with van der Waals surface area (Å²) in [6.45, 7) is 16.4. The Morgan fingerprint density at radius 1 is 1.21 bits per heavy atom. The third-order valence-electron chi connectivity index (χ3n) is 6.13. The topological polar surface area (TPSA) is 38.8 Å². The van der Waals surface area contributed by atoms with Gasteiger partial charge in [0.2, 0.25) is 0 Å². The van der Waals surface area contributed by atoms with Gasteiger partial charge in [-0.05, 0) is 43.0 Å². The van der Waals surface area contributed by atoms with Gasteiger partial charge in [0, 0.05) is 6.61 Å². The lowest BCUT2D eigenvalue weighted by molar-refractivity contribution is 0.163. The number of benzene rings is 1. The van der Waals surface area contributed by atoms with Crippen LogP contribution in [0.1, 0.15) is 64.5 Å². The summed E-state index contributed by atoms with van der Waals surface area (Å²) in [5.41, 5.74) is 4.90. The van der Waals surface area contributed by atoms with Gasteiger partial charge in [-0.3, -0.25) is 4.90 Å². The number of cyclic esters (lactones) is 1. The second-order valence-corrected chi connectivity index (χ2v) is 14.1. The maximum atomic E-state index is 12.3. The Kier molecular flexibility index (Phi) is 8.32. The minimum Gasteiger partial charge on any atom is -0.447 e. The summed E-state index contributed by atoms with van der Waals surface area (Å²) < 4.78 is 11.6. The summed E-state index contributed by atoms with van der Waals surface area (Å²) >= 11 is 0. The molecule has 1 aromatic carbocycles. The molecular weight excluding hydrogens is 378 g/mol. The highest BCUT2D eigenvalue weighted by Crippen LogP contribution is 2.36. The van der Waals surface area contributed by atoms with Crippen molar-refractivity contribution in [2.45, 2.75) is 77.0 Å². The van der Waals surface area contributed by atoms with Crippen molar-refractivity contribution in [3.05, 3.63) is 53.9 Å². The molecule has 0 aromatic heterocycles. The number of carbonyl (C=O) groups excluding carboxylic acids is 1. The zero-order chi connectivity index (χ0) is 21.5. The molecule has 160 valence electrons. The van der Waals surface area contributed by atoms with Crippen LogP contribution in [0.15, 0.2) is 48.3 Å². The number of hydrogen-bond donors (Lipinski definition) is 0. The van der Waals surface area contributed by atoms with Crippen LogP contribution in [-0.2, 0) is 9.16 Å². The SMILES string of the molecule is C=C=C(CCCCCCO[Si](C)(C)C(C)(C)C)N1C(=O)OC[C@H]1c1ccccc1. The molecule has 0 aliphatic carbocycles. The average Bonchev–Trinajstić information content (AvgIpc) is 3.05. The lowest BCUT2D eigenvalue weighted by Crippen LogP contribution is -2.40. The molecule has 1 aromatic rings. The summed E-state index contributed by atoms with van der Waals surface area (Å²) in [6, 6.07) is 9.92. The number of ether oxygens (including phenoxy) is 1. The molecule has 1 atom stereocenters. The standard InChI is InChI=1S/C24H37NO3Si/c1-7-21(17-13-8-9-14-18-28-29(5,6)24(2,3)4)25-22(19-27-23(25)26)20-15-11-10-12-16-20/h10-12,15-16,22H,1,8-9,13-14,17-19H2,2-6H3/t22-/m0/s1. The minimum absolute atomic E-state index is 0.0917. The third-order valence-corrected chi connectivity index (χ3v) is 10.7. The predicted octanol–water partition coefficient (Wildman–Crippen LogP) is 6.82.